The molecule has 1 heterocycles. The first-order valence-corrected chi connectivity index (χ1v) is 10.1. The molecule has 1 aromatic heterocycles. The number of hydrogen-bond acceptors (Lipinski definition) is 3. The van der Waals surface area contributed by atoms with E-state index in [0.717, 1.165) is 17.7 Å². The molecule has 4 nitrogen and oxygen atoms in total. The molecule has 1 fully saturated rings. The number of pyridine rings is 1. The van der Waals surface area contributed by atoms with Crippen molar-refractivity contribution in [1.29, 1.82) is 0 Å². The van der Waals surface area contributed by atoms with Gasteiger partial charge in [0.2, 0.25) is 10.0 Å². The molecule has 0 bridgehead atoms. The van der Waals surface area contributed by atoms with Crippen LogP contribution in [0.1, 0.15) is 37.7 Å². The summed E-state index contributed by atoms with van der Waals surface area (Å²) >= 11 is 0. The van der Waals surface area contributed by atoms with Gasteiger partial charge in [0.25, 0.3) is 0 Å². The molecule has 2 aromatic rings. The second-order valence-corrected chi connectivity index (χ2v) is 8.34. The lowest BCUT2D eigenvalue weighted by atomic mass is 9.83. The Labute approximate surface area is 144 Å². The molecule has 3 rings (SSSR count). The maximum atomic E-state index is 12.2. The van der Waals surface area contributed by atoms with Gasteiger partial charge in [-0.3, -0.25) is 4.98 Å². The second kappa shape index (κ2) is 7.45. The Morgan fingerprint density at radius 3 is 2.58 bits per heavy atom. The molecule has 0 atom stereocenters. The van der Waals surface area contributed by atoms with E-state index in [1.807, 2.05) is 24.3 Å². The quantitative estimate of drug-likeness (QED) is 0.898. The van der Waals surface area contributed by atoms with Crippen molar-refractivity contribution in [2.75, 3.05) is 7.05 Å². The Balaban J connectivity index is 2.01. The summed E-state index contributed by atoms with van der Waals surface area (Å²) in [6, 6.07) is 11.2. The molecular weight excluding hydrogens is 320 g/mol. The lowest BCUT2D eigenvalue weighted by Gasteiger charge is -2.23. The molecule has 5 heteroatoms. The van der Waals surface area contributed by atoms with Crippen LogP contribution in [-0.2, 0) is 16.4 Å². The van der Waals surface area contributed by atoms with E-state index < -0.39 is 10.0 Å². The van der Waals surface area contributed by atoms with E-state index in [-0.39, 0.29) is 4.90 Å². The second-order valence-electron chi connectivity index (χ2n) is 6.45. The van der Waals surface area contributed by atoms with Crippen LogP contribution < -0.4 is 4.72 Å². The number of benzene rings is 1. The standard InChI is InChI=1S/C19H24N2O2S/c1-20-24(22,23)17-11-10-16(13-15-7-3-2-4-8-15)18(14-17)19-9-5-6-12-21-19/h5-6,9-12,14-15,20H,2-4,7-8,13H2,1H3. The van der Waals surface area contributed by atoms with Gasteiger partial charge in [-0.05, 0) is 49.2 Å². The molecule has 1 aliphatic rings. The summed E-state index contributed by atoms with van der Waals surface area (Å²) in [6.07, 6.45) is 9.20. The van der Waals surface area contributed by atoms with Crippen LogP contribution in [0.4, 0.5) is 0 Å². The fraction of sp³-hybridized carbons (Fsp3) is 0.421. The SMILES string of the molecule is CNS(=O)(=O)c1ccc(CC2CCCCC2)c(-c2ccccn2)c1. The van der Waals surface area contributed by atoms with E-state index in [2.05, 4.69) is 9.71 Å². The minimum Gasteiger partial charge on any atom is -0.256 e. The Kier molecular flexibility index (Phi) is 5.31. The zero-order valence-corrected chi connectivity index (χ0v) is 14.8. The van der Waals surface area contributed by atoms with Gasteiger partial charge in [-0.2, -0.15) is 0 Å². The molecule has 0 unspecified atom stereocenters. The van der Waals surface area contributed by atoms with Gasteiger partial charge >= 0.3 is 0 Å². The first-order chi connectivity index (χ1) is 11.6. The monoisotopic (exact) mass is 344 g/mol. The Hall–Kier alpha value is -1.72. The van der Waals surface area contributed by atoms with Crippen LogP contribution in [-0.4, -0.2) is 20.4 Å². The zero-order valence-electron chi connectivity index (χ0n) is 14.0. The van der Waals surface area contributed by atoms with Crippen molar-refractivity contribution in [2.24, 2.45) is 5.92 Å². The number of aromatic nitrogens is 1. The lowest BCUT2D eigenvalue weighted by molar-refractivity contribution is 0.357. The van der Waals surface area contributed by atoms with E-state index in [9.17, 15) is 8.42 Å². The Bertz CT molecular complexity index is 782. The summed E-state index contributed by atoms with van der Waals surface area (Å²) in [5.74, 6) is 0.688. The highest BCUT2D eigenvalue weighted by Gasteiger charge is 2.19. The van der Waals surface area contributed by atoms with Gasteiger partial charge < -0.3 is 0 Å². The molecule has 24 heavy (non-hydrogen) atoms. The maximum Gasteiger partial charge on any atom is 0.240 e. The van der Waals surface area contributed by atoms with Gasteiger partial charge in [0, 0.05) is 11.8 Å². The predicted octanol–water partition coefficient (Wildman–Crippen LogP) is 3.78. The summed E-state index contributed by atoms with van der Waals surface area (Å²) in [4.78, 5) is 4.73. The van der Waals surface area contributed by atoms with Crippen molar-refractivity contribution >= 4 is 10.0 Å². The molecule has 1 aromatic carbocycles. The summed E-state index contributed by atoms with van der Waals surface area (Å²) in [5, 5.41) is 0. The predicted molar refractivity (Wildman–Crippen MR) is 96.2 cm³/mol. The van der Waals surface area contributed by atoms with Crippen molar-refractivity contribution in [1.82, 2.24) is 9.71 Å². The number of rotatable bonds is 5. The average molecular weight is 344 g/mol. The van der Waals surface area contributed by atoms with E-state index in [1.165, 1.54) is 44.7 Å². The third kappa shape index (κ3) is 3.84. The van der Waals surface area contributed by atoms with E-state index in [0.29, 0.717) is 5.92 Å². The number of hydrogen-bond donors (Lipinski definition) is 1. The van der Waals surface area contributed by atoms with Gasteiger partial charge in [0.05, 0.1) is 10.6 Å². The minimum absolute atomic E-state index is 0.290. The molecule has 1 aliphatic carbocycles. The smallest absolute Gasteiger partial charge is 0.240 e. The van der Waals surface area contributed by atoms with E-state index >= 15 is 0 Å². The van der Waals surface area contributed by atoms with E-state index in [4.69, 9.17) is 0 Å². The van der Waals surface area contributed by atoms with Crippen molar-refractivity contribution in [3.8, 4) is 11.3 Å². The first-order valence-electron chi connectivity index (χ1n) is 8.58. The van der Waals surface area contributed by atoms with Crippen molar-refractivity contribution < 1.29 is 8.42 Å². The number of nitrogens with zero attached hydrogens (tertiary/aromatic N) is 1. The molecular formula is C19H24N2O2S. The fourth-order valence-electron chi connectivity index (χ4n) is 3.48. The van der Waals surface area contributed by atoms with Gasteiger partial charge in [0.15, 0.2) is 0 Å². The van der Waals surface area contributed by atoms with Gasteiger partial charge in [0.1, 0.15) is 0 Å². The number of sulfonamides is 1. The molecule has 0 amide bonds. The lowest BCUT2D eigenvalue weighted by Crippen LogP contribution is -2.19. The Morgan fingerprint density at radius 1 is 1.12 bits per heavy atom. The van der Waals surface area contributed by atoms with Crippen molar-refractivity contribution in [2.45, 2.75) is 43.4 Å². The van der Waals surface area contributed by atoms with Crippen LogP contribution in [0.25, 0.3) is 11.3 Å². The molecule has 128 valence electrons. The van der Waals surface area contributed by atoms with Crippen LogP contribution in [0.5, 0.6) is 0 Å². The van der Waals surface area contributed by atoms with Crippen LogP contribution >= 0.6 is 0 Å². The highest BCUT2D eigenvalue weighted by molar-refractivity contribution is 7.89. The minimum atomic E-state index is -3.46. The van der Waals surface area contributed by atoms with Gasteiger partial charge in [-0.25, -0.2) is 13.1 Å². The fourth-order valence-corrected chi connectivity index (χ4v) is 4.24. The number of nitrogens with one attached hydrogen (secondary N) is 1. The van der Waals surface area contributed by atoms with Crippen LogP contribution in [0.15, 0.2) is 47.5 Å². The summed E-state index contributed by atoms with van der Waals surface area (Å²) < 4.78 is 26.7. The highest BCUT2D eigenvalue weighted by Crippen LogP contribution is 2.32. The summed E-state index contributed by atoms with van der Waals surface area (Å²) in [6.45, 7) is 0. The average Bonchev–Trinajstić information content (AvgIpc) is 2.63. The Morgan fingerprint density at radius 2 is 1.92 bits per heavy atom. The van der Waals surface area contributed by atoms with E-state index in [1.54, 1.807) is 18.3 Å². The molecule has 0 saturated heterocycles. The third-order valence-corrected chi connectivity index (χ3v) is 6.25. The van der Waals surface area contributed by atoms with Crippen LogP contribution in [0, 0.1) is 5.92 Å². The largest absolute Gasteiger partial charge is 0.256 e. The van der Waals surface area contributed by atoms with Crippen molar-refractivity contribution in [3.63, 3.8) is 0 Å². The summed E-state index contributed by atoms with van der Waals surface area (Å²) in [7, 11) is -2.02. The molecule has 0 aliphatic heterocycles. The van der Waals surface area contributed by atoms with Crippen LogP contribution in [0.2, 0.25) is 0 Å². The topological polar surface area (TPSA) is 59.1 Å². The normalized spacial score (nSPS) is 16.2. The third-order valence-electron chi connectivity index (χ3n) is 4.83. The molecule has 0 radical (unpaired) electrons. The van der Waals surface area contributed by atoms with Gasteiger partial charge in [-0.15, -0.1) is 0 Å². The zero-order chi connectivity index (χ0) is 17.0. The molecule has 1 saturated carbocycles. The first kappa shape index (κ1) is 17.1. The molecule has 0 spiro atoms. The summed E-state index contributed by atoms with van der Waals surface area (Å²) in [5.41, 5.74) is 2.95. The maximum absolute atomic E-state index is 12.2. The highest BCUT2D eigenvalue weighted by atomic mass is 32.2. The molecule has 1 N–H and O–H groups in total. The van der Waals surface area contributed by atoms with Crippen LogP contribution in [0.3, 0.4) is 0 Å². The van der Waals surface area contributed by atoms with Gasteiger partial charge in [-0.1, -0.05) is 44.2 Å². The van der Waals surface area contributed by atoms with Crippen molar-refractivity contribution in [3.05, 3.63) is 48.2 Å².